The number of hydrogen-bond donors (Lipinski definition) is 1. The number of halogens is 2. The largest absolute Gasteiger partial charge is 0.489 e. The third-order valence-corrected chi connectivity index (χ3v) is 7.96. The summed E-state index contributed by atoms with van der Waals surface area (Å²) in [5, 5.41) is 9.32. The summed E-state index contributed by atoms with van der Waals surface area (Å²) in [6.45, 7) is 6.42. The first-order valence-corrected chi connectivity index (χ1v) is 13.6. The van der Waals surface area contributed by atoms with Crippen molar-refractivity contribution < 1.29 is 28.2 Å². The molecule has 0 bridgehead atoms. The van der Waals surface area contributed by atoms with Gasteiger partial charge in [-0.25, -0.2) is 13.8 Å². The molecule has 1 aromatic heterocycles. The Hall–Kier alpha value is -3.48. The number of carboxylic acid groups (broad SMARTS) is 1. The molecule has 39 heavy (non-hydrogen) atoms. The first-order valence-electron chi connectivity index (χ1n) is 13.6. The number of hydrogen-bond acceptors (Lipinski definition) is 4. The van der Waals surface area contributed by atoms with Crippen LogP contribution in [-0.4, -0.2) is 23.2 Å². The first-order chi connectivity index (χ1) is 18.6. The lowest BCUT2D eigenvalue weighted by molar-refractivity contribution is -0.137. The maximum Gasteiger partial charge on any atom is 0.303 e. The molecule has 7 heteroatoms. The minimum absolute atomic E-state index is 0.00472. The van der Waals surface area contributed by atoms with Gasteiger partial charge < -0.3 is 14.6 Å². The molecular formula is C32H37F2NO4. The van der Waals surface area contributed by atoms with Crippen LogP contribution < -0.4 is 9.47 Å². The first kappa shape index (κ1) is 28.5. The quantitative estimate of drug-likeness (QED) is 0.267. The predicted molar refractivity (Wildman–Crippen MR) is 147 cm³/mol. The molecule has 5 nitrogen and oxygen atoms in total. The molecule has 0 aliphatic heterocycles. The molecule has 1 aliphatic rings. The average Bonchev–Trinajstić information content (AvgIpc) is 3.26. The van der Waals surface area contributed by atoms with Crippen LogP contribution in [0.15, 0.2) is 48.7 Å². The summed E-state index contributed by atoms with van der Waals surface area (Å²) in [6.07, 6.45) is 5.78. The fraction of sp³-hybridized carbons (Fsp3) is 0.438. The molecule has 4 rings (SSSR count). The van der Waals surface area contributed by atoms with E-state index in [4.69, 9.17) is 9.47 Å². The highest BCUT2D eigenvalue weighted by Gasteiger charge is 2.37. The van der Waals surface area contributed by atoms with Crippen molar-refractivity contribution in [2.75, 3.05) is 7.11 Å². The molecule has 3 aromatic rings. The minimum atomic E-state index is -0.840. The lowest BCUT2D eigenvalue weighted by atomic mass is 9.75. The molecule has 1 saturated carbocycles. The number of carboxylic acids is 1. The number of carbonyl (C=O) groups is 1. The zero-order valence-corrected chi connectivity index (χ0v) is 23.1. The summed E-state index contributed by atoms with van der Waals surface area (Å²) in [5.41, 5.74) is 2.92. The lowest BCUT2D eigenvalue weighted by Crippen LogP contribution is -2.17. The van der Waals surface area contributed by atoms with Crippen molar-refractivity contribution in [2.24, 2.45) is 5.41 Å². The lowest BCUT2D eigenvalue weighted by Gasteiger charge is -2.30. The summed E-state index contributed by atoms with van der Waals surface area (Å²) in [6, 6.07) is 12.1. The van der Waals surface area contributed by atoms with Crippen molar-refractivity contribution in [3.63, 3.8) is 0 Å². The van der Waals surface area contributed by atoms with Gasteiger partial charge in [-0.15, -0.1) is 0 Å². The SMILES string of the molecule is CCC[C@@H](CC(=O)O)c1cccc(OCc2cc([C@@H]3CCCC3(C)C)c(-c3cc(OC)ncc3F)cc2F)c1. The van der Waals surface area contributed by atoms with Crippen molar-refractivity contribution in [1.29, 1.82) is 0 Å². The molecule has 1 fully saturated rings. The standard InChI is InChI=1S/C32H37F2NO4/c1-5-8-20(15-31(36)37)21-9-6-10-23(13-21)39-19-22-14-25(27-11-7-12-32(27,2)3)24(16-28(22)33)26-17-30(38-4)35-18-29(26)34/h6,9-10,13-14,16-18,20,27H,5,7-8,11-12,15,19H2,1-4H3,(H,36,37)/t20-,27-/m0/s1. The van der Waals surface area contributed by atoms with E-state index in [1.54, 1.807) is 6.07 Å². The number of aromatic nitrogens is 1. The highest BCUT2D eigenvalue weighted by atomic mass is 19.1. The molecule has 2 atom stereocenters. The fourth-order valence-corrected chi connectivity index (χ4v) is 5.88. The molecule has 2 aromatic carbocycles. The van der Waals surface area contributed by atoms with Crippen LogP contribution in [0, 0.1) is 17.0 Å². The van der Waals surface area contributed by atoms with Gasteiger partial charge in [0.2, 0.25) is 5.88 Å². The Balaban J connectivity index is 1.68. The van der Waals surface area contributed by atoms with Crippen molar-refractivity contribution in [3.05, 3.63) is 77.0 Å². The summed E-state index contributed by atoms with van der Waals surface area (Å²) < 4.78 is 41.8. The van der Waals surface area contributed by atoms with Crippen LogP contribution >= 0.6 is 0 Å². The molecule has 1 N–H and O–H groups in total. The second-order valence-corrected chi connectivity index (χ2v) is 11.1. The molecule has 1 heterocycles. The smallest absolute Gasteiger partial charge is 0.303 e. The molecule has 0 spiro atoms. The molecular weight excluding hydrogens is 500 g/mol. The zero-order chi connectivity index (χ0) is 28.2. The van der Waals surface area contributed by atoms with Gasteiger partial charge in [-0.05, 0) is 77.5 Å². The number of rotatable bonds is 11. The van der Waals surface area contributed by atoms with Crippen LogP contribution in [0.3, 0.4) is 0 Å². The van der Waals surface area contributed by atoms with Gasteiger partial charge in [0.25, 0.3) is 0 Å². The maximum atomic E-state index is 15.5. The number of methoxy groups -OCH3 is 1. The van der Waals surface area contributed by atoms with Crippen molar-refractivity contribution in [1.82, 2.24) is 4.98 Å². The van der Waals surface area contributed by atoms with E-state index in [0.29, 0.717) is 16.9 Å². The van der Waals surface area contributed by atoms with E-state index >= 15 is 4.39 Å². The van der Waals surface area contributed by atoms with Gasteiger partial charge in [0.15, 0.2) is 0 Å². The van der Waals surface area contributed by atoms with Crippen LogP contribution in [0.2, 0.25) is 0 Å². The number of ether oxygens (including phenoxy) is 2. The van der Waals surface area contributed by atoms with E-state index < -0.39 is 17.6 Å². The van der Waals surface area contributed by atoms with Crippen molar-refractivity contribution in [2.45, 2.75) is 77.7 Å². The van der Waals surface area contributed by atoms with E-state index in [1.807, 2.05) is 31.2 Å². The van der Waals surface area contributed by atoms with E-state index in [9.17, 15) is 14.3 Å². The van der Waals surface area contributed by atoms with Gasteiger partial charge in [-0.3, -0.25) is 4.79 Å². The van der Waals surface area contributed by atoms with Crippen LogP contribution in [0.25, 0.3) is 11.1 Å². The van der Waals surface area contributed by atoms with Crippen LogP contribution in [0.4, 0.5) is 8.78 Å². The zero-order valence-electron chi connectivity index (χ0n) is 23.1. The molecule has 0 saturated heterocycles. The van der Waals surface area contributed by atoms with Gasteiger partial charge in [-0.1, -0.05) is 45.7 Å². The van der Waals surface area contributed by atoms with E-state index in [-0.39, 0.29) is 41.7 Å². The van der Waals surface area contributed by atoms with Gasteiger partial charge in [0, 0.05) is 17.2 Å². The third-order valence-electron chi connectivity index (χ3n) is 7.96. The molecule has 1 aliphatic carbocycles. The van der Waals surface area contributed by atoms with Crippen molar-refractivity contribution >= 4 is 5.97 Å². The average molecular weight is 538 g/mol. The topological polar surface area (TPSA) is 68.7 Å². The van der Waals surface area contributed by atoms with Crippen molar-refractivity contribution in [3.8, 4) is 22.8 Å². The van der Waals surface area contributed by atoms with E-state index in [0.717, 1.165) is 49.4 Å². The Bertz CT molecular complexity index is 1320. The number of nitrogens with zero attached hydrogens (tertiary/aromatic N) is 1. The van der Waals surface area contributed by atoms with Crippen LogP contribution in [0.1, 0.15) is 87.8 Å². The summed E-state index contributed by atoms with van der Waals surface area (Å²) in [7, 11) is 1.47. The number of aliphatic carboxylic acids is 1. The van der Waals surface area contributed by atoms with Gasteiger partial charge in [0.05, 0.1) is 19.7 Å². The Morgan fingerprint density at radius 2 is 1.95 bits per heavy atom. The molecule has 0 unspecified atom stereocenters. The molecule has 0 radical (unpaired) electrons. The monoisotopic (exact) mass is 537 g/mol. The summed E-state index contributed by atoms with van der Waals surface area (Å²) >= 11 is 0. The van der Waals surface area contributed by atoms with E-state index in [1.165, 1.54) is 19.2 Å². The van der Waals surface area contributed by atoms with E-state index in [2.05, 4.69) is 18.8 Å². The Morgan fingerprint density at radius 1 is 1.15 bits per heavy atom. The molecule has 0 amide bonds. The second kappa shape index (κ2) is 12.1. The maximum absolute atomic E-state index is 15.5. The fourth-order valence-electron chi connectivity index (χ4n) is 5.88. The third kappa shape index (κ3) is 6.57. The summed E-state index contributed by atoms with van der Waals surface area (Å²) in [5.74, 6) is -1.03. The Labute approximate surface area is 229 Å². The number of benzene rings is 2. The van der Waals surface area contributed by atoms with Crippen LogP contribution in [-0.2, 0) is 11.4 Å². The highest BCUT2D eigenvalue weighted by Crippen LogP contribution is 2.51. The van der Waals surface area contributed by atoms with Gasteiger partial charge in [0.1, 0.15) is 24.0 Å². The minimum Gasteiger partial charge on any atom is -0.489 e. The van der Waals surface area contributed by atoms with Crippen LogP contribution in [0.5, 0.6) is 11.6 Å². The van der Waals surface area contributed by atoms with Gasteiger partial charge >= 0.3 is 5.97 Å². The summed E-state index contributed by atoms with van der Waals surface area (Å²) in [4.78, 5) is 15.3. The predicted octanol–water partition coefficient (Wildman–Crippen LogP) is 8.27. The second-order valence-electron chi connectivity index (χ2n) is 11.1. The number of pyridine rings is 1. The Morgan fingerprint density at radius 3 is 2.62 bits per heavy atom. The molecule has 208 valence electrons. The normalized spacial score (nSPS) is 17.1. The Kier molecular flexibility index (Phi) is 8.88. The van der Waals surface area contributed by atoms with Gasteiger partial charge in [-0.2, -0.15) is 0 Å². The highest BCUT2D eigenvalue weighted by molar-refractivity contribution is 5.70.